The highest BCUT2D eigenvalue weighted by Gasteiger charge is 2.17. The Bertz CT molecular complexity index is 1000. The summed E-state index contributed by atoms with van der Waals surface area (Å²) in [6, 6.07) is 12.0. The predicted octanol–water partition coefficient (Wildman–Crippen LogP) is 7.46. The van der Waals surface area contributed by atoms with E-state index in [0.717, 1.165) is 64.0 Å². The van der Waals surface area contributed by atoms with Crippen molar-refractivity contribution in [2.45, 2.75) is 39.6 Å². The van der Waals surface area contributed by atoms with Crippen LogP contribution in [0.2, 0.25) is 0 Å². The van der Waals surface area contributed by atoms with Crippen LogP contribution in [-0.2, 0) is 53.9 Å². The zero-order chi connectivity index (χ0) is 25.7. The zero-order valence-electron chi connectivity index (χ0n) is 20.3. The van der Waals surface area contributed by atoms with Crippen LogP contribution in [0.3, 0.4) is 0 Å². The molecular weight excluding hydrogens is 660 g/mol. The minimum Gasteiger partial charge on any atom is -0.496 e. The van der Waals surface area contributed by atoms with E-state index >= 15 is 0 Å². The summed E-state index contributed by atoms with van der Waals surface area (Å²) >= 11 is 10.9. The van der Waals surface area contributed by atoms with Crippen LogP contribution in [0.15, 0.2) is 49.8 Å². The summed E-state index contributed by atoms with van der Waals surface area (Å²) in [5, 5.41) is 0. The van der Waals surface area contributed by atoms with Gasteiger partial charge in [-0.1, -0.05) is 47.8 Å². The van der Waals surface area contributed by atoms with Gasteiger partial charge in [0.25, 0.3) is 0 Å². The van der Waals surface area contributed by atoms with E-state index in [-0.39, 0.29) is 0 Å². The first kappa shape index (κ1) is 27.4. The van der Waals surface area contributed by atoms with Crippen LogP contribution < -0.4 is 14.2 Å². The maximum Gasteiger partial charge on any atom is 0.129 e. The number of halogens is 3. The Morgan fingerprint density at radius 2 is 0.639 bits per heavy atom. The van der Waals surface area contributed by atoms with Crippen molar-refractivity contribution in [1.82, 2.24) is 0 Å². The monoisotopic (exact) mass is 684 g/mol. The maximum absolute atomic E-state index is 6.12. The maximum atomic E-state index is 6.12. The molecule has 0 saturated heterocycles. The summed E-state index contributed by atoms with van der Waals surface area (Å²) < 4.78 is 38.5. The first-order chi connectivity index (χ1) is 17.4. The summed E-state index contributed by atoms with van der Waals surface area (Å²) in [5.74, 6) is 2.24. The van der Waals surface area contributed by atoms with E-state index in [0.29, 0.717) is 39.6 Å². The summed E-state index contributed by atoms with van der Waals surface area (Å²) in [4.78, 5) is 0. The lowest BCUT2D eigenvalue weighted by molar-refractivity contribution is 0.0926. The Morgan fingerprint density at radius 3 is 0.806 bits per heavy atom. The molecule has 6 bridgehead atoms. The number of methoxy groups -OCH3 is 3. The second-order valence-corrected chi connectivity index (χ2v) is 11.0. The van der Waals surface area contributed by atoms with E-state index in [1.165, 1.54) is 0 Å². The highest BCUT2D eigenvalue weighted by molar-refractivity contribution is 9.11. The van der Waals surface area contributed by atoms with Crippen LogP contribution >= 0.6 is 47.8 Å². The lowest BCUT2D eigenvalue weighted by Crippen LogP contribution is -2.06. The third-order valence-electron chi connectivity index (χ3n) is 5.78. The second kappa shape index (κ2) is 12.8. The van der Waals surface area contributed by atoms with E-state index in [9.17, 15) is 0 Å². The SMILES string of the molecule is COc1c2cc(Br)cc1COCc1cc(Br)cc(c1OC)COCc1cc(Br)cc(c1OC)COC2. The van der Waals surface area contributed by atoms with E-state index in [1.54, 1.807) is 21.3 Å². The molecule has 0 spiro atoms. The van der Waals surface area contributed by atoms with Gasteiger partial charge in [0.15, 0.2) is 0 Å². The van der Waals surface area contributed by atoms with Crippen LogP contribution in [0.4, 0.5) is 0 Å². The van der Waals surface area contributed by atoms with Crippen molar-refractivity contribution in [3.63, 3.8) is 0 Å². The zero-order valence-corrected chi connectivity index (χ0v) is 25.0. The molecular formula is C27H27Br3O6. The number of hydrogen-bond donors (Lipinski definition) is 0. The normalized spacial score (nSPS) is 14.5. The Hall–Kier alpha value is -1.62. The highest BCUT2D eigenvalue weighted by Crippen LogP contribution is 2.35. The summed E-state index contributed by atoms with van der Waals surface area (Å²) in [6.07, 6.45) is 0. The molecule has 0 amide bonds. The standard InChI is InChI=1S/C27H27Br3O6/c1-31-25-16-4-22(28)5-17(25)11-35-13-19-7-24(30)9-21(27(19)33-3)15-36-14-20-8-23(29)6-18(12-34-10-16)26(20)32-2/h4-9H,10-15H2,1-3H3. The molecule has 36 heavy (non-hydrogen) atoms. The van der Waals surface area contributed by atoms with E-state index < -0.39 is 0 Å². The van der Waals surface area contributed by atoms with Crippen molar-refractivity contribution in [1.29, 1.82) is 0 Å². The fraction of sp³-hybridized carbons (Fsp3) is 0.333. The van der Waals surface area contributed by atoms with Gasteiger partial charge in [-0.2, -0.15) is 0 Å². The van der Waals surface area contributed by atoms with Gasteiger partial charge in [-0.05, 0) is 36.4 Å². The summed E-state index contributed by atoms with van der Waals surface area (Å²) in [7, 11) is 4.99. The average Bonchev–Trinajstić information content (AvgIpc) is 2.83. The minimum absolute atomic E-state index is 0.361. The molecule has 0 saturated carbocycles. The van der Waals surface area contributed by atoms with E-state index in [2.05, 4.69) is 47.8 Å². The summed E-state index contributed by atoms with van der Waals surface area (Å²) in [6.45, 7) is 2.17. The average molecular weight is 687 g/mol. The van der Waals surface area contributed by atoms with Crippen LogP contribution in [0.25, 0.3) is 0 Å². The Labute approximate surface area is 236 Å². The van der Waals surface area contributed by atoms with Crippen molar-refractivity contribution in [3.8, 4) is 17.2 Å². The molecule has 0 radical (unpaired) electrons. The fourth-order valence-corrected chi connectivity index (χ4v) is 6.04. The molecule has 0 atom stereocenters. The molecule has 3 aromatic rings. The molecule has 6 nitrogen and oxygen atoms in total. The number of ether oxygens (including phenoxy) is 6. The van der Waals surface area contributed by atoms with Gasteiger partial charge in [-0.25, -0.2) is 0 Å². The lowest BCUT2D eigenvalue weighted by atomic mass is 10.1. The van der Waals surface area contributed by atoms with E-state index in [1.807, 2.05) is 36.4 Å². The molecule has 0 unspecified atom stereocenters. The van der Waals surface area contributed by atoms with Crippen molar-refractivity contribution in [2.24, 2.45) is 0 Å². The molecule has 0 fully saturated rings. The Kier molecular flexibility index (Phi) is 9.71. The molecule has 1 aliphatic rings. The number of rotatable bonds is 3. The molecule has 1 heterocycles. The van der Waals surface area contributed by atoms with Gasteiger partial charge in [0.1, 0.15) is 17.2 Å². The Balaban J connectivity index is 1.77. The van der Waals surface area contributed by atoms with Crippen molar-refractivity contribution < 1.29 is 28.4 Å². The topological polar surface area (TPSA) is 55.4 Å². The molecule has 192 valence electrons. The largest absolute Gasteiger partial charge is 0.496 e. The van der Waals surface area contributed by atoms with Crippen LogP contribution in [0.1, 0.15) is 33.4 Å². The number of fused-ring (bicyclic) bond motifs is 6. The van der Waals surface area contributed by atoms with Crippen molar-refractivity contribution in [3.05, 3.63) is 83.2 Å². The van der Waals surface area contributed by atoms with Gasteiger partial charge in [0.2, 0.25) is 0 Å². The molecule has 1 aliphatic heterocycles. The van der Waals surface area contributed by atoms with Gasteiger partial charge in [-0.15, -0.1) is 0 Å². The van der Waals surface area contributed by atoms with E-state index in [4.69, 9.17) is 28.4 Å². The van der Waals surface area contributed by atoms with Crippen molar-refractivity contribution >= 4 is 47.8 Å². The molecule has 0 aliphatic carbocycles. The van der Waals surface area contributed by atoms with Crippen LogP contribution in [-0.4, -0.2) is 21.3 Å². The molecule has 0 aromatic heterocycles. The second-order valence-electron chi connectivity index (χ2n) is 8.25. The number of benzene rings is 3. The minimum atomic E-state index is 0.361. The van der Waals surface area contributed by atoms with Crippen LogP contribution in [0, 0.1) is 0 Å². The first-order valence-electron chi connectivity index (χ1n) is 11.2. The Morgan fingerprint density at radius 1 is 0.444 bits per heavy atom. The smallest absolute Gasteiger partial charge is 0.129 e. The summed E-state index contributed by atoms with van der Waals surface area (Å²) in [5.41, 5.74) is 5.54. The number of hydrogen-bond acceptors (Lipinski definition) is 6. The predicted molar refractivity (Wildman–Crippen MR) is 148 cm³/mol. The molecule has 4 rings (SSSR count). The third-order valence-corrected chi connectivity index (χ3v) is 7.15. The van der Waals surface area contributed by atoms with Gasteiger partial charge < -0.3 is 28.4 Å². The van der Waals surface area contributed by atoms with Gasteiger partial charge >= 0.3 is 0 Å². The molecule has 3 aromatic carbocycles. The fourth-order valence-electron chi connectivity index (χ4n) is 4.38. The molecule has 9 heteroatoms. The van der Waals surface area contributed by atoms with Gasteiger partial charge in [-0.3, -0.25) is 0 Å². The first-order valence-corrected chi connectivity index (χ1v) is 13.6. The third kappa shape index (κ3) is 6.44. The highest BCUT2D eigenvalue weighted by atomic mass is 79.9. The lowest BCUT2D eigenvalue weighted by Gasteiger charge is -2.19. The van der Waals surface area contributed by atoms with Crippen molar-refractivity contribution in [2.75, 3.05) is 21.3 Å². The van der Waals surface area contributed by atoms with Gasteiger partial charge in [0, 0.05) is 46.8 Å². The molecule has 0 N–H and O–H groups in total. The van der Waals surface area contributed by atoms with Gasteiger partial charge in [0.05, 0.1) is 61.0 Å². The van der Waals surface area contributed by atoms with Crippen LogP contribution in [0.5, 0.6) is 17.2 Å². The quantitative estimate of drug-likeness (QED) is 0.285.